The third-order valence-corrected chi connectivity index (χ3v) is 5.11. The normalized spacial score (nSPS) is 12.3. The second kappa shape index (κ2) is 6.10. The molecule has 0 fully saturated rings. The topological polar surface area (TPSA) is 54.5 Å². The van der Waals surface area contributed by atoms with E-state index >= 15 is 0 Å². The molecule has 0 heterocycles. The van der Waals surface area contributed by atoms with E-state index in [1.807, 2.05) is 20.8 Å². The molecule has 118 valence electrons. The van der Waals surface area contributed by atoms with Gasteiger partial charge in [0.1, 0.15) is 4.90 Å². The molecule has 1 amide bonds. The van der Waals surface area contributed by atoms with Crippen molar-refractivity contribution < 1.29 is 17.6 Å². The van der Waals surface area contributed by atoms with E-state index in [2.05, 4.69) is 0 Å². The minimum absolute atomic E-state index is 0.0818. The standard InChI is InChI=1S/C13H16Cl2FNO3S/c1-5-13(2,3)17(4)12(18)9-6-8(14)7-10(11(9)16)21(15,19)20/h6-7H,5H2,1-4H3. The van der Waals surface area contributed by atoms with Gasteiger partial charge in [0.25, 0.3) is 15.0 Å². The van der Waals surface area contributed by atoms with Crippen LogP contribution >= 0.6 is 22.3 Å². The summed E-state index contributed by atoms with van der Waals surface area (Å²) in [6, 6.07) is 1.97. The molecule has 0 aliphatic heterocycles. The van der Waals surface area contributed by atoms with Crippen molar-refractivity contribution in [3.63, 3.8) is 0 Å². The number of halogens is 3. The second-order valence-corrected chi connectivity index (χ2v) is 8.20. The molecule has 0 saturated carbocycles. The Balaban J connectivity index is 3.45. The fourth-order valence-corrected chi connectivity index (χ4v) is 2.80. The van der Waals surface area contributed by atoms with Gasteiger partial charge in [-0.3, -0.25) is 4.79 Å². The lowest BCUT2D eigenvalue weighted by molar-refractivity contribution is 0.0615. The van der Waals surface area contributed by atoms with Crippen molar-refractivity contribution in [1.82, 2.24) is 4.90 Å². The molecule has 4 nitrogen and oxygen atoms in total. The van der Waals surface area contributed by atoms with Crippen molar-refractivity contribution in [3.8, 4) is 0 Å². The van der Waals surface area contributed by atoms with Crippen LogP contribution in [0.15, 0.2) is 17.0 Å². The molecular weight excluding hydrogens is 340 g/mol. The van der Waals surface area contributed by atoms with Crippen molar-refractivity contribution in [2.75, 3.05) is 7.05 Å². The number of hydrogen-bond acceptors (Lipinski definition) is 3. The van der Waals surface area contributed by atoms with Gasteiger partial charge in [-0.2, -0.15) is 0 Å². The first kappa shape index (κ1) is 18.2. The summed E-state index contributed by atoms with van der Waals surface area (Å²) in [6.45, 7) is 5.51. The van der Waals surface area contributed by atoms with Gasteiger partial charge in [-0.05, 0) is 32.4 Å². The van der Waals surface area contributed by atoms with Gasteiger partial charge in [0.2, 0.25) is 0 Å². The highest BCUT2D eigenvalue weighted by molar-refractivity contribution is 8.13. The molecule has 0 spiro atoms. The number of rotatable bonds is 4. The lowest BCUT2D eigenvalue weighted by atomic mass is 9.99. The third kappa shape index (κ3) is 3.87. The molecule has 0 unspecified atom stereocenters. The zero-order valence-electron chi connectivity index (χ0n) is 12.1. The van der Waals surface area contributed by atoms with E-state index in [0.717, 1.165) is 12.1 Å². The lowest BCUT2D eigenvalue weighted by Crippen LogP contribution is -2.44. The van der Waals surface area contributed by atoms with Gasteiger partial charge in [0, 0.05) is 28.3 Å². The Morgan fingerprint density at radius 3 is 2.33 bits per heavy atom. The Morgan fingerprint density at radius 1 is 1.38 bits per heavy atom. The van der Waals surface area contributed by atoms with E-state index < -0.39 is 36.8 Å². The first-order valence-corrected chi connectivity index (χ1v) is 8.82. The summed E-state index contributed by atoms with van der Waals surface area (Å²) < 4.78 is 37.0. The minimum atomic E-state index is -4.34. The Kier molecular flexibility index (Phi) is 5.29. The van der Waals surface area contributed by atoms with Crippen LogP contribution in [0.5, 0.6) is 0 Å². The number of hydrogen-bond donors (Lipinski definition) is 0. The molecule has 8 heteroatoms. The summed E-state index contributed by atoms with van der Waals surface area (Å²) in [5.41, 5.74) is -0.947. The maximum absolute atomic E-state index is 14.3. The van der Waals surface area contributed by atoms with Crippen LogP contribution < -0.4 is 0 Å². The van der Waals surface area contributed by atoms with Crippen molar-refractivity contribution in [3.05, 3.63) is 28.5 Å². The molecule has 0 N–H and O–H groups in total. The smallest absolute Gasteiger partial charge is 0.264 e. The number of benzene rings is 1. The minimum Gasteiger partial charge on any atom is -0.337 e. The first-order chi connectivity index (χ1) is 9.41. The molecule has 0 aromatic heterocycles. The van der Waals surface area contributed by atoms with Crippen molar-refractivity contribution in [2.45, 2.75) is 37.6 Å². The Hall–Kier alpha value is -0.850. The van der Waals surface area contributed by atoms with Crippen LogP contribution in [0.3, 0.4) is 0 Å². The van der Waals surface area contributed by atoms with E-state index in [1.54, 1.807) is 0 Å². The number of amides is 1. The molecular formula is C13H16Cl2FNO3S. The third-order valence-electron chi connectivity index (χ3n) is 3.57. The van der Waals surface area contributed by atoms with Gasteiger partial charge in [0.05, 0.1) is 5.56 Å². The van der Waals surface area contributed by atoms with Crippen molar-refractivity contribution in [1.29, 1.82) is 0 Å². The van der Waals surface area contributed by atoms with Gasteiger partial charge in [-0.15, -0.1) is 0 Å². The predicted octanol–water partition coefficient (Wildman–Crippen LogP) is 3.67. The molecule has 0 bridgehead atoms. The van der Waals surface area contributed by atoms with Gasteiger partial charge in [-0.1, -0.05) is 18.5 Å². The average molecular weight is 356 g/mol. The van der Waals surface area contributed by atoms with Crippen LogP contribution in [0, 0.1) is 5.82 Å². The molecule has 0 saturated heterocycles. The molecule has 0 radical (unpaired) electrons. The van der Waals surface area contributed by atoms with E-state index in [-0.39, 0.29) is 5.02 Å². The molecule has 1 aromatic carbocycles. The van der Waals surface area contributed by atoms with Gasteiger partial charge in [0.15, 0.2) is 5.82 Å². The van der Waals surface area contributed by atoms with Crippen LogP contribution in [0.1, 0.15) is 37.6 Å². The Labute approximate surface area is 133 Å². The summed E-state index contributed by atoms with van der Waals surface area (Å²) in [6.07, 6.45) is 0.637. The number of carbonyl (C=O) groups is 1. The Morgan fingerprint density at radius 2 is 1.90 bits per heavy atom. The van der Waals surface area contributed by atoms with Crippen molar-refractivity contribution in [2.24, 2.45) is 0 Å². The number of nitrogens with zero attached hydrogens (tertiary/aromatic N) is 1. The monoisotopic (exact) mass is 355 g/mol. The highest BCUT2D eigenvalue weighted by atomic mass is 35.7. The van der Waals surface area contributed by atoms with Gasteiger partial charge >= 0.3 is 0 Å². The largest absolute Gasteiger partial charge is 0.337 e. The molecule has 21 heavy (non-hydrogen) atoms. The zero-order chi connectivity index (χ0) is 16.6. The van der Waals surface area contributed by atoms with E-state index in [9.17, 15) is 17.6 Å². The number of carbonyl (C=O) groups excluding carboxylic acids is 1. The highest BCUT2D eigenvalue weighted by Gasteiger charge is 2.30. The van der Waals surface area contributed by atoms with Gasteiger partial charge in [-0.25, -0.2) is 12.8 Å². The summed E-state index contributed by atoms with van der Waals surface area (Å²) >= 11 is 5.76. The summed E-state index contributed by atoms with van der Waals surface area (Å²) in [4.78, 5) is 12.9. The lowest BCUT2D eigenvalue weighted by Gasteiger charge is -2.35. The molecule has 0 aliphatic carbocycles. The van der Waals surface area contributed by atoms with Crippen LogP contribution in [-0.2, 0) is 9.05 Å². The van der Waals surface area contributed by atoms with E-state index in [4.69, 9.17) is 22.3 Å². The van der Waals surface area contributed by atoms with Crippen LogP contribution in [-0.4, -0.2) is 31.8 Å². The second-order valence-electron chi connectivity index (χ2n) is 5.23. The van der Waals surface area contributed by atoms with E-state index in [1.165, 1.54) is 11.9 Å². The summed E-state index contributed by atoms with van der Waals surface area (Å²) in [5.74, 6) is -1.86. The van der Waals surface area contributed by atoms with Gasteiger partial charge < -0.3 is 4.90 Å². The molecule has 1 rings (SSSR count). The Bertz CT molecular complexity index is 674. The van der Waals surface area contributed by atoms with Crippen LogP contribution in [0.25, 0.3) is 0 Å². The average Bonchev–Trinajstić information content (AvgIpc) is 2.38. The van der Waals surface area contributed by atoms with E-state index in [0.29, 0.717) is 6.42 Å². The highest BCUT2D eigenvalue weighted by Crippen LogP contribution is 2.28. The van der Waals surface area contributed by atoms with Crippen LogP contribution in [0.4, 0.5) is 4.39 Å². The zero-order valence-corrected chi connectivity index (χ0v) is 14.4. The predicted molar refractivity (Wildman–Crippen MR) is 80.9 cm³/mol. The summed E-state index contributed by atoms with van der Waals surface area (Å²) in [5, 5.41) is -0.0818. The molecule has 0 aliphatic rings. The molecule has 0 atom stereocenters. The van der Waals surface area contributed by atoms with Crippen LogP contribution in [0.2, 0.25) is 5.02 Å². The quantitative estimate of drug-likeness (QED) is 0.774. The maximum atomic E-state index is 14.3. The first-order valence-electron chi connectivity index (χ1n) is 6.13. The molecule has 1 aromatic rings. The fraction of sp³-hybridized carbons (Fsp3) is 0.462. The summed E-state index contributed by atoms with van der Waals surface area (Å²) in [7, 11) is 2.34. The van der Waals surface area contributed by atoms with Crippen molar-refractivity contribution >= 4 is 37.2 Å². The maximum Gasteiger partial charge on any atom is 0.264 e. The fourth-order valence-electron chi connectivity index (χ4n) is 1.59. The SMILES string of the molecule is CCC(C)(C)N(C)C(=O)c1cc(Cl)cc(S(=O)(=O)Cl)c1F.